The zero-order valence-corrected chi connectivity index (χ0v) is 18.4. The molecule has 30 heavy (non-hydrogen) atoms. The van der Waals surface area contributed by atoms with Crippen LogP contribution in [0.2, 0.25) is 0 Å². The quantitative estimate of drug-likeness (QED) is 0.215. The fraction of sp³-hybridized carbons (Fsp3) is 0.0714. The second-order valence-corrected chi connectivity index (χ2v) is 10.6. The molecule has 0 atom stereocenters. The van der Waals surface area contributed by atoms with Gasteiger partial charge in [-0.15, -0.1) is 22.7 Å². The summed E-state index contributed by atoms with van der Waals surface area (Å²) >= 11 is 3.81. The average molecular weight is 419 g/mol. The second kappa shape index (κ2) is 5.81. The Morgan fingerprint density at radius 1 is 0.400 bits per heavy atom. The van der Waals surface area contributed by atoms with E-state index >= 15 is 0 Å². The molecule has 142 valence electrons. The fourth-order valence-corrected chi connectivity index (χ4v) is 7.23. The maximum atomic E-state index is 2.39. The van der Waals surface area contributed by atoms with Crippen molar-refractivity contribution in [3.8, 4) is 0 Å². The summed E-state index contributed by atoms with van der Waals surface area (Å²) in [5, 5.41) is 10.8. The van der Waals surface area contributed by atoms with Gasteiger partial charge in [0.15, 0.2) is 0 Å². The van der Waals surface area contributed by atoms with Gasteiger partial charge in [0, 0.05) is 40.3 Å². The molecule has 0 aliphatic heterocycles. The molecule has 0 unspecified atom stereocenters. The van der Waals surface area contributed by atoms with Gasteiger partial charge in [-0.2, -0.15) is 0 Å². The zero-order valence-electron chi connectivity index (χ0n) is 16.7. The van der Waals surface area contributed by atoms with Crippen LogP contribution in [0.15, 0.2) is 72.8 Å². The molecule has 0 fully saturated rings. The van der Waals surface area contributed by atoms with Crippen molar-refractivity contribution in [2.75, 3.05) is 0 Å². The molecule has 0 saturated carbocycles. The highest BCUT2D eigenvalue weighted by atomic mass is 32.1. The molecule has 2 heteroatoms. The van der Waals surface area contributed by atoms with Crippen molar-refractivity contribution in [3.63, 3.8) is 0 Å². The van der Waals surface area contributed by atoms with E-state index in [-0.39, 0.29) is 0 Å². The molecule has 7 rings (SSSR count). The summed E-state index contributed by atoms with van der Waals surface area (Å²) in [6, 6.07) is 27.9. The molecule has 0 spiro atoms. The fourth-order valence-electron chi connectivity index (χ4n) is 4.76. The van der Waals surface area contributed by atoms with Crippen molar-refractivity contribution in [1.82, 2.24) is 0 Å². The minimum atomic E-state index is 1.33. The molecule has 0 aliphatic rings. The Kier molecular flexibility index (Phi) is 3.26. The molecule has 0 amide bonds. The van der Waals surface area contributed by atoms with Gasteiger partial charge in [0.05, 0.1) is 0 Å². The Morgan fingerprint density at radius 3 is 1.27 bits per heavy atom. The number of hydrogen-bond acceptors (Lipinski definition) is 2. The van der Waals surface area contributed by atoms with Gasteiger partial charge in [-0.25, -0.2) is 0 Å². The molecule has 0 N–H and O–H groups in total. The first-order chi connectivity index (χ1) is 14.6. The van der Waals surface area contributed by atoms with Crippen molar-refractivity contribution in [2.45, 2.75) is 13.8 Å². The van der Waals surface area contributed by atoms with Crippen LogP contribution < -0.4 is 0 Å². The maximum Gasteiger partial charge on any atom is 0.0361 e. The van der Waals surface area contributed by atoms with Crippen LogP contribution in [0.1, 0.15) is 11.1 Å². The van der Waals surface area contributed by atoms with Gasteiger partial charge in [0.1, 0.15) is 0 Å². The first-order valence-electron chi connectivity index (χ1n) is 10.3. The summed E-state index contributed by atoms with van der Waals surface area (Å²) in [6.07, 6.45) is 0. The Hall–Kier alpha value is -2.94. The minimum absolute atomic E-state index is 1.33. The van der Waals surface area contributed by atoms with Gasteiger partial charge in [0.25, 0.3) is 0 Å². The molecule has 7 aromatic rings. The third-order valence-electron chi connectivity index (χ3n) is 6.29. The Balaban J connectivity index is 1.56. The lowest BCUT2D eigenvalue weighted by atomic mass is 9.99. The van der Waals surface area contributed by atoms with Crippen molar-refractivity contribution in [2.24, 2.45) is 0 Å². The number of thiophene rings is 2. The smallest absolute Gasteiger partial charge is 0.0361 e. The molecule has 2 heterocycles. The van der Waals surface area contributed by atoms with E-state index in [1.807, 2.05) is 22.7 Å². The molecule has 0 aliphatic carbocycles. The van der Waals surface area contributed by atoms with Crippen LogP contribution in [0, 0.1) is 13.8 Å². The third-order valence-corrected chi connectivity index (χ3v) is 8.52. The van der Waals surface area contributed by atoms with Gasteiger partial charge in [-0.3, -0.25) is 0 Å². The minimum Gasteiger partial charge on any atom is -0.135 e. The number of rotatable bonds is 0. The van der Waals surface area contributed by atoms with Crippen LogP contribution >= 0.6 is 22.7 Å². The summed E-state index contributed by atoms with van der Waals surface area (Å²) in [4.78, 5) is 0. The number of fused-ring (bicyclic) bond motifs is 8. The van der Waals surface area contributed by atoms with Crippen LogP contribution in [0.25, 0.3) is 61.9 Å². The molecular formula is C28H18S2. The molecule has 0 saturated heterocycles. The van der Waals surface area contributed by atoms with Gasteiger partial charge in [0.2, 0.25) is 0 Å². The molecule has 0 radical (unpaired) electrons. The molecule has 0 bridgehead atoms. The summed E-state index contributed by atoms with van der Waals surface area (Å²) in [6.45, 7) is 4.34. The van der Waals surface area contributed by atoms with Gasteiger partial charge in [-0.1, -0.05) is 24.3 Å². The van der Waals surface area contributed by atoms with E-state index in [0.29, 0.717) is 0 Å². The first-order valence-corrected chi connectivity index (χ1v) is 11.9. The summed E-state index contributed by atoms with van der Waals surface area (Å²) in [5.41, 5.74) is 2.65. The van der Waals surface area contributed by atoms with E-state index in [1.165, 1.54) is 73.0 Å². The standard InChI is InChI=1S/C28H18S2/c1-15-3-5-21-23-11-17-9-20-14-28-24(22-6-4-16(2)8-26(22)30-28)12-18(20)10-19(17)13-27(23)29-25(21)7-15/h3-14H,1-2H3. The van der Waals surface area contributed by atoms with Crippen molar-refractivity contribution in [3.05, 3.63) is 83.9 Å². The highest BCUT2D eigenvalue weighted by Crippen LogP contribution is 2.40. The van der Waals surface area contributed by atoms with Crippen LogP contribution in [0.4, 0.5) is 0 Å². The van der Waals surface area contributed by atoms with E-state index < -0.39 is 0 Å². The highest BCUT2D eigenvalue weighted by Gasteiger charge is 2.10. The van der Waals surface area contributed by atoms with Gasteiger partial charge < -0.3 is 0 Å². The lowest BCUT2D eigenvalue weighted by Gasteiger charge is -2.04. The summed E-state index contributed by atoms with van der Waals surface area (Å²) in [5.74, 6) is 0. The predicted octanol–water partition coefficient (Wildman–Crippen LogP) is 9.35. The SMILES string of the molecule is Cc1ccc2c(c1)sc1cc3cc4cc5c(cc4cc3cc12)sc1cc(C)ccc15. The highest BCUT2D eigenvalue weighted by molar-refractivity contribution is 7.26. The normalized spacial score (nSPS) is 12.3. The molecule has 5 aromatic carbocycles. The summed E-state index contributed by atoms with van der Waals surface area (Å²) < 4.78 is 5.51. The lowest BCUT2D eigenvalue weighted by Crippen LogP contribution is -1.78. The van der Waals surface area contributed by atoms with Crippen molar-refractivity contribution in [1.29, 1.82) is 0 Å². The third kappa shape index (κ3) is 2.32. The largest absolute Gasteiger partial charge is 0.135 e. The van der Waals surface area contributed by atoms with Crippen LogP contribution in [0.5, 0.6) is 0 Å². The number of benzene rings is 5. The Bertz CT molecular complexity index is 1680. The van der Waals surface area contributed by atoms with Crippen LogP contribution in [-0.2, 0) is 0 Å². The zero-order chi connectivity index (χ0) is 20.0. The first kappa shape index (κ1) is 16.8. The van der Waals surface area contributed by atoms with Crippen LogP contribution in [-0.4, -0.2) is 0 Å². The molecule has 2 aromatic heterocycles. The van der Waals surface area contributed by atoms with E-state index in [0.717, 1.165) is 0 Å². The van der Waals surface area contributed by atoms with E-state index in [4.69, 9.17) is 0 Å². The summed E-state index contributed by atoms with van der Waals surface area (Å²) in [7, 11) is 0. The van der Waals surface area contributed by atoms with Gasteiger partial charge in [-0.05, 0) is 95.1 Å². The van der Waals surface area contributed by atoms with E-state index in [1.54, 1.807) is 0 Å². The van der Waals surface area contributed by atoms with Gasteiger partial charge >= 0.3 is 0 Å². The van der Waals surface area contributed by atoms with Crippen molar-refractivity contribution >= 4 is 84.6 Å². The topological polar surface area (TPSA) is 0 Å². The monoisotopic (exact) mass is 418 g/mol. The maximum absolute atomic E-state index is 2.39. The second-order valence-electron chi connectivity index (χ2n) is 8.45. The number of aryl methyl sites for hydroxylation is 2. The average Bonchev–Trinajstić information content (AvgIpc) is 3.24. The Morgan fingerprint density at radius 2 is 0.800 bits per heavy atom. The van der Waals surface area contributed by atoms with Crippen molar-refractivity contribution < 1.29 is 0 Å². The van der Waals surface area contributed by atoms with E-state index in [9.17, 15) is 0 Å². The van der Waals surface area contributed by atoms with E-state index in [2.05, 4.69) is 86.6 Å². The number of hydrogen-bond donors (Lipinski definition) is 0. The molecular weight excluding hydrogens is 400 g/mol. The Labute approximate surface area is 182 Å². The van der Waals surface area contributed by atoms with Crippen LogP contribution in [0.3, 0.4) is 0 Å². The lowest BCUT2D eigenvalue weighted by molar-refractivity contribution is 1.52. The predicted molar refractivity (Wildman–Crippen MR) is 137 cm³/mol. The molecule has 0 nitrogen and oxygen atoms in total.